The summed E-state index contributed by atoms with van der Waals surface area (Å²) in [7, 11) is 1.60. The molecule has 5 rings (SSSR count). The van der Waals surface area contributed by atoms with Crippen LogP contribution < -0.4 is 9.47 Å². The molecule has 2 saturated carbocycles. The number of carbonyl (C=O) groups is 1. The predicted octanol–water partition coefficient (Wildman–Crippen LogP) is 8.34. The van der Waals surface area contributed by atoms with Crippen LogP contribution in [0.15, 0.2) is 60.7 Å². The van der Waals surface area contributed by atoms with Gasteiger partial charge in [0.1, 0.15) is 23.9 Å². The summed E-state index contributed by atoms with van der Waals surface area (Å²) in [6.07, 6.45) is 5.70. The number of carboxylic acids is 1. The number of carboxylic acid groups (broad SMARTS) is 1. The van der Waals surface area contributed by atoms with Crippen LogP contribution in [-0.2, 0) is 11.4 Å². The van der Waals surface area contributed by atoms with Gasteiger partial charge < -0.3 is 14.6 Å². The van der Waals surface area contributed by atoms with Gasteiger partial charge in [-0.2, -0.15) is 0 Å². The molecule has 0 aromatic heterocycles. The zero-order valence-corrected chi connectivity index (χ0v) is 22.5. The van der Waals surface area contributed by atoms with Crippen molar-refractivity contribution in [2.75, 3.05) is 7.11 Å². The number of methoxy groups -OCH3 is 1. The molecule has 2 aliphatic rings. The van der Waals surface area contributed by atoms with E-state index in [2.05, 4.69) is 19.9 Å². The Balaban J connectivity index is 1.43. The molecule has 38 heavy (non-hydrogen) atoms. The van der Waals surface area contributed by atoms with Crippen LogP contribution in [0, 0.1) is 17.2 Å². The Labute approximate surface area is 224 Å². The van der Waals surface area contributed by atoms with Crippen molar-refractivity contribution in [1.82, 2.24) is 0 Å². The van der Waals surface area contributed by atoms with Gasteiger partial charge in [0, 0.05) is 5.56 Å². The van der Waals surface area contributed by atoms with E-state index in [4.69, 9.17) is 9.47 Å². The van der Waals surface area contributed by atoms with Gasteiger partial charge in [-0.15, -0.1) is 0 Å². The molecule has 0 saturated heterocycles. The Bertz CT molecular complexity index is 1310. The van der Waals surface area contributed by atoms with Crippen LogP contribution in [-0.4, -0.2) is 18.2 Å². The lowest BCUT2D eigenvalue weighted by molar-refractivity contribution is -0.137. The first-order chi connectivity index (χ1) is 18.2. The second-order valence-corrected chi connectivity index (χ2v) is 11.6. The Morgan fingerprint density at radius 3 is 2.53 bits per heavy atom. The van der Waals surface area contributed by atoms with Crippen molar-refractivity contribution >= 4 is 5.97 Å². The van der Waals surface area contributed by atoms with Crippen LogP contribution >= 0.6 is 0 Å². The summed E-state index contributed by atoms with van der Waals surface area (Å²) < 4.78 is 26.7. The lowest BCUT2D eigenvalue weighted by atomic mass is 9.75. The molecule has 0 bridgehead atoms. The minimum Gasteiger partial charge on any atom is -0.497 e. The van der Waals surface area contributed by atoms with Gasteiger partial charge in [-0.3, -0.25) is 4.79 Å². The third-order valence-corrected chi connectivity index (χ3v) is 8.49. The second kappa shape index (κ2) is 10.8. The minimum absolute atomic E-state index is 0.0318. The maximum Gasteiger partial charge on any atom is 0.303 e. The van der Waals surface area contributed by atoms with Gasteiger partial charge in [0.2, 0.25) is 0 Å². The van der Waals surface area contributed by atoms with E-state index in [1.165, 1.54) is 6.07 Å². The molecular formula is C33H37FO4. The van der Waals surface area contributed by atoms with Crippen LogP contribution in [0.5, 0.6) is 11.5 Å². The molecule has 0 spiro atoms. The number of benzene rings is 3. The highest BCUT2D eigenvalue weighted by molar-refractivity contribution is 5.71. The van der Waals surface area contributed by atoms with Crippen molar-refractivity contribution in [3.63, 3.8) is 0 Å². The van der Waals surface area contributed by atoms with Crippen molar-refractivity contribution < 1.29 is 23.8 Å². The Hall–Kier alpha value is -3.34. The van der Waals surface area contributed by atoms with Gasteiger partial charge in [-0.05, 0) is 101 Å². The highest BCUT2D eigenvalue weighted by Crippen LogP contribution is 2.51. The fourth-order valence-corrected chi connectivity index (χ4v) is 6.22. The first kappa shape index (κ1) is 26.3. The van der Waals surface area contributed by atoms with E-state index < -0.39 is 5.97 Å². The Morgan fingerprint density at radius 2 is 1.84 bits per heavy atom. The molecule has 0 aliphatic heterocycles. The van der Waals surface area contributed by atoms with E-state index in [1.807, 2.05) is 36.4 Å². The van der Waals surface area contributed by atoms with Gasteiger partial charge in [0.15, 0.2) is 0 Å². The lowest BCUT2D eigenvalue weighted by Crippen LogP contribution is -2.17. The zero-order valence-electron chi connectivity index (χ0n) is 22.5. The van der Waals surface area contributed by atoms with Crippen LogP contribution in [0.25, 0.3) is 11.1 Å². The Kier molecular flexibility index (Phi) is 7.47. The summed E-state index contributed by atoms with van der Waals surface area (Å²) in [4.78, 5) is 11.4. The molecule has 2 fully saturated rings. The fourth-order valence-electron chi connectivity index (χ4n) is 6.22. The highest BCUT2D eigenvalue weighted by atomic mass is 19.1. The molecule has 1 N–H and O–H groups in total. The summed E-state index contributed by atoms with van der Waals surface area (Å²) in [6.45, 7) is 4.99. The monoisotopic (exact) mass is 516 g/mol. The SMILES string of the molecule is COc1ccc(F)c(-c2ccc(COc3cccc([C@@H](CC(=O)O)C4CC4)c3)cc2C2CCCC2(C)C)c1. The van der Waals surface area contributed by atoms with E-state index in [0.29, 0.717) is 29.8 Å². The zero-order chi connectivity index (χ0) is 26.9. The average molecular weight is 517 g/mol. The van der Waals surface area contributed by atoms with E-state index in [0.717, 1.165) is 60.1 Å². The lowest BCUT2D eigenvalue weighted by Gasteiger charge is -2.30. The number of ether oxygens (including phenoxy) is 2. The smallest absolute Gasteiger partial charge is 0.303 e. The summed E-state index contributed by atoms with van der Waals surface area (Å²) in [5.41, 5.74) is 4.82. The molecule has 5 heteroatoms. The molecule has 4 nitrogen and oxygen atoms in total. The normalized spacial score (nSPS) is 19.2. The topological polar surface area (TPSA) is 55.8 Å². The fraction of sp³-hybridized carbons (Fsp3) is 0.424. The van der Waals surface area contributed by atoms with Gasteiger partial charge >= 0.3 is 5.97 Å². The molecular weight excluding hydrogens is 479 g/mol. The Morgan fingerprint density at radius 1 is 1.03 bits per heavy atom. The number of aliphatic carboxylic acids is 1. The van der Waals surface area contributed by atoms with Crippen molar-refractivity contribution in [2.24, 2.45) is 11.3 Å². The largest absolute Gasteiger partial charge is 0.497 e. The van der Waals surface area contributed by atoms with Crippen LogP contribution in [0.1, 0.15) is 80.9 Å². The van der Waals surface area contributed by atoms with Crippen molar-refractivity contribution in [3.8, 4) is 22.6 Å². The highest BCUT2D eigenvalue weighted by Gasteiger charge is 2.37. The molecule has 1 unspecified atom stereocenters. The van der Waals surface area contributed by atoms with Gasteiger partial charge in [-0.1, -0.05) is 50.6 Å². The molecule has 0 radical (unpaired) electrons. The van der Waals surface area contributed by atoms with Crippen molar-refractivity contribution in [2.45, 2.75) is 70.8 Å². The van der Waals surface area contributed by atoms with E-state index >= 15 is 4.39 Å². The minimum atomic E-state index is -0.761. The third kappa shape index (κ3) is 5.72. The summed E-state index contributed by atoms with van der Waals surface area (Å²) in [6, 6.07) is 19.0. The summed E-state index contributed by atoms with van der Waals surface area (Å²) in [5.74, 6) is 1.16. The van der Waals surface area contributed by atoms with E-state index in [1.54, 1.807) is 19.2 Å². The first-order valence-electron chi connectivity index (χ1n) is 13.7. The first-order valence-corrected chi connectivity index (χ1v) is 13.7. The summed E-state index contributed by atoms with van der Waals surface area (Å²) >= 11 is 0. The van der Waals surface area contributed by atoms with E-state index in [-0.39, 0.29) is 23.6 Å². The van der Waals surface area contributed by atoms with E-state index in [9.17, 15) is 9.90 Å². The molecule has 2 aliphatic carbocycles. The molecule has 3 aromatic carbocycles. The second-order valence-electron chi connectivity index (χ2n) is 11.6. The number of hydrogen-bond donors (Lipinski definition) is 1. The van der Waals surface area contributed by atoms with Crippen LogP contribution in [0.2, 0.25) is 0 Å². The maximum atomic E-state index is 15.0. The van der Waals surface area contributed by atoms with Gasteiger partial charge in [0.25, 0.3) is 0 Å². The van der Waals surface area contributed by atoms with Crippen LogP contribution in [0.4, 0.5) is 4.39 Å². The standard InChI is InChI=1S/C33H37FO4/c1-33(2)15-5-8-30(33)28-16-21(9-13-26(28)29-18-24(37-3)12-14-31(29)34)20-38-25-7-4-6-23(17-25)27(19-32(35)36)22-10-11-22/h4,6-7,9,12-14,16-18,22,27,30H,5,8,10-11,15,19-20H2,1-3H3,(H,35,36)/t27-,30?/m0/s1. The molecule has 0 amide bonds. The number of rotatable bonds is 10. The predicted molar refractivity (Wildman–Crippen MR) is 147 cm³/mol. The number of halogens is 1. The third-order valence-electron chi connectivity index (χ3n) is 8.49. The molecule has 0 heterocycles. The van der Waals surface area contributed by atoms with Crippen molar-refractivity contribution in [3.05, 3.63) is 83.2 Å². The van der Waals surface area contributed by atoms with Gasteiger partial charge in [0.05, 0.1) is 13.5 Å². The maximum absolute atomic E-state index is 15.0. The number of hydrogen-bond acceptors (Lipinski definition) is 3. The molecule has 200 valence electrons. The average Bonchev–Trinajstić information content (AvgIpc) is 3.68. The van der Waals surface area contributed by atoms with Crippen molar-refractivity contribution in [1.29, 1.82) is 0 Å². The van der Waals surface area contributed by atoms with Gasteiger partial charge in [-0.25, -0.2) is 4.39 Å². The van der Waals surface area contributed by atoms with Crippen LogP contribution in [0.3, 0.4) is 0 Å². The molecule has 3 aromatic rings. The summed E-state index contributed by atoms with van der Waals surface area (Å²) in [5, 5.41) is 9.39. The molecule has 2 atom stereocenters. The quantitative estimate of drug-likeness (QED) is 0.294.